The fourth-order valence-corrected chi connectivity index (χ4v) is 3.11. The van der Waals surface area contributed by atoms with Gasteiger partial charge in [-0.05, 0) is 44.5 Å². The van der Waals surface area contributed by atoms with Gasteiger partial charge in [0.1, 0.15) is 12.4 Å². The van der Waals surface area contributed by atoms with Crippen molar-refractivity contribution in [2.45, 2.75) is 27.4 Å². The first-order chi connectivity index (χ1) is 12.8. The highest BCUT2D eigenvalue weighted by molar-refractivity contribution is 7.15. The minimum Gasteiger partial charge on any atom is -0.479 e. The lowest BCUT2D eigenvalue weighted by molar-refractivity contribution is -0.386. The predicted octanol–water partition coefficient (Wildman–Crippen LogP) is 4.40. The molecule has 2 aromatic heterocycles. The van der Waals surface area contributed by atoms with Crippen molar-refractivity contribution in [3.8, 4) is 5.75 Å². The second kappa shape index (κ2) is 7.58. The van der Waals surface area contributed by atoms with Gasteiger partial charge in [0.05, 0.1) is 10.6 Å². The number of aromatic nitrogens is 1. The quantitative estimate of drug-likeness (QED) is 0.496. The smallest absolute Gasteiger partial charge is 0.311 e. The number of ether oxygens (including phenoxy) is 1. The number of furan rings is 1. The highest BCUT2D eigenvalue weighted by Crippen LogP contribution is 2.28. The lowest BCUT2D eigenvalue weighted by Gasteiger charge is -2.05. The Morgan fingerprint density at radius 2 is 2.07 bits per heavy atom. The molecule has 3 rings (SSSR count). The number of amides is 1. The van der Waals surface area contributed by atoms with Crippen molar-refractivity contribution in [3.63, 3.8) is 0 Å². The number of thiazole rings is 1. The molecule has 0 atom stereocenters. The third-order valence-corrected chi connectivity index (χ3v) is 4.80. The van der Waals surface area contributed by atoms with E-state index in [1.54, 1.807) is 19.1 Å². The van der Waals surface area contributed by atoms with Crippen molar-refractivity contribution < 1.29 is 18.9 Å². The number of nitro benzene ring substituents is 1. The molecule has 27 heavy (non-hydrogen) atoms. The molecule has 0 radical (unpaired) electrons. The van der Waals surface area contributed by atoms with E-state index in [1.807, 2.05) is 13.8 Å². The highest BCUT2D eigenvalue weighted by Gasteiger charge is 2.17. The number of nitrogens with zero attached hydrogens (tertiary/aromatic N) is 2. The van der Waals surface area contributed by atoms with E-state index < -0.39 is 10.8 Å². The van der Waals surface area contributed by atoms with Crippen LogP contribution in [0.25, 0.3) is 0 Å². The van der Waals surface area contributed by atoms with E-state index in [4.69, 9.17) is 9.15 Å². The van der Waals surface area contributed by atoms with Gasteiger partial charge in [-0.15, -0.1) is 11.3 Å². The maximum atomic E-state index is 12.2. The molecular weight excluding hydrogens is 370 g/mol. The zero-order valence-electron chi connectivity index (χ0n) is 14.9. The van der Waals surface area contributed by atoms with Crippen LogP contribution in [-0.2, 0) is 6.61 Å². The van der Waals surface area contributed by atoms with Crippen LogP contribution in [0, 0.1) is 30.9 Å². The molecule has 2 heterocycles. The molecule has 0 bridgehead atoms. The molecular formula is C18H17N3O5S. The van der Waals surface area contributed by atoms with E-state index in [0.29, 0.717) is 10.9 Å². The molecule has 1 N–H and O–H groups in total. The molecule has 0 saturated heterocycles. The number of anilines is 1. The summed E-state index contributed by atoms with van der Waals surface area (Å²) in [5.41, 5.74) is 1.51. The summed E-state index contributed by atoms with van der Waals surface area (Å²) in [5, 5.41) is 14.3. The van der Waals surface area contributed by atoms with Crippen molar-refractivity contribution in [2.24, 2.45) is 0 Å². The van der Waals surface area contributed by atoms with Gasteiger partial charge in [0.25, 0.3) is 5.91 Å². The topological polar surface area (TPSA) is 108 Å². The Labute approximate surface area is 159 Å². The van der Waals surface area contributed by atoms with E-state index >= 15 is 0 Å². The molecule has 1 amide bonds. The molecule has 1 aromatic carbocycles. The van der Waals surface area contributed by atoms with Gasteiger partial charge < -0.3 is 9.15 Å². The summed E-state index contributed by atoms with van der Waals surface area (Å²) in [5.74, 6) is 0.206. The van der Waals surface area contributed by atoms with Crippen LogP contribution in [0.15, 0.2) is 34.7 Å². The van der Waals surface area contributed by atoms with Crippen LogP contribution in [-0.4, -0.2) is 15.8 Å². The molecule has 140 valence electrons. The fourth-order valence-electron chi connectivity index (χ4n) is 2.30. The van der Waals surface area contributed by atoms with Gasteiger partial charge in [0.15, 0.2) is 16.6 Å². The predicted molar refractivity (Wildman–Crippen MR) is 100 cm³/mol. The van der Waals surface area contributed by atoms with Crippen LogP contribution in [0.4, 0.5) is 10.8 Å². The first-order valence-corrected chi connectivity index (χ1v) is 8.87. The molecule has 0 unspecified atom stereocenters. The highest BCUT2D eigenvalue weighted by atomic mass is 32.1. The molecule has 0 aliphatic heterocycles. The fraction of sp³-hybridized carbons (Fsp3) is 0.222. The molecule has 9 heteroatoms. The SMILES string of the molecule is Cc1ccc(OCc2ccc(C(=O)Nc3nc(C)c(C)s3)o2)c([N+](=O)[O-])c1. The zero-order chi connectivity index (χ0) is 19.6. The minimum absolute atomic E-state index is 0.0351. The lowest BCUT2D eigenvalue weighted by atomic mass is 10.2. The Hall–Kier alpha value is -3.20. The standard InChI is InChI=1S/C18H17N3O5S/c1-10-4-6-15(14(8-10)21(23)24)25-9-13-5-7-16(26-13)17(22)20-18-19-11(2)12(3)27-18/h4-8H,9H2,1-3H3,(H,19,20,22). The number of rotatable bonds is 6. The van der Waals surface area contributed by atoms with E-state index in [1.165, 1.54) is 29.5 Å². The van der Waals surface area contributed by atoms with Crippen LogP contribution >= 0.6 is 11.3 Å². The number of carbonyl (C=O) groups excluding carboxylic acids is 1. The van der Waals surface area contributed by atoms with Crippen molar-refractivity contribution in [1.29, 1.82) is 0 Å². The summed E-state index contributed by atoms with van der Waals surface area (Å²) in [4.78, 5) is 28.1. The van der Waals surface area contributed by atoms with Gasteiger partial charge in [0, 0.05) is 10.9 Å². The second-order valence-corrected chi connectivity index (χ2v) is 7.10. The Bertz CT molecular complexity index is 989. The molecule has 0 aliphatic rings. The molecule has 0 fully saturated rings. The van der Waals surface area contributed by atoms with Crippen LogP contribution in [0.5, 0.6) is 5.75 Å². The van der Waals surface area contributed by atoms with Gasteiger partial charge in [0.2, 0.25) is 0 Å². The summed E-state index contributed by atoms with van der Waals surface area (Å²) >= 11 is 1.38. The molecule has 0 aliphatic carbocycles. The zero-order valence-corrected chi connectivity index (χ0v) is 15.8. The lowest BCUT2D eigenvalue weighted by Crippen LogP contribution is -2.10. The van der Waals surface area contributed by atoms with E-state index in [-0.39, 0.29) is 23.8 Å². The third kappa shape index (κ3) is 4.32. The first-order valence-electron chi connectivity index (χ1n) is 8.05. The maximum Gasteiger partial charge on any atom is 0.311 e. The Balaban J connectivity index is 1.66. The minimum atomic E-state index is -0.499. The summed E-state index contributed by atoms with van der Waals surface area (Å²) < 4.78 is 11.0. The number of benzene rings is 1. The van der Waals surface area contributed by atoms with E-state index in [2.05, 4.69) is 10.3 Å². The van der Waals surface area contributed by atoms with Gasteiger partial charge in [-0.2, -0.15) is 0 Å². The Morgan fingerprint density at radius 3 is 2.74 bits per heavy atom. The number of aryl methyl sites for hydroxylation is 3. The maximum absolute atomic E-state index is 12.2. The van der Waals surface area contributed by atoms with Crippen molar-refractivity contribution in [3.05, 3.63) is 68.1 Å². The van der Waals surface area contributed by atoms with Gasteiger partial charge in [-0.25, -0.2) is 4.98 Å². The normalized spacial score (nSPS) is 10.6. The van der Waals surface area contributed by atoms with Crippen LogP contribution in [0.1, 0.15) is 32.4 Å². The van der Waals surface area contributed by atoms with E-state index in [0.717, 1.165) is 16.1 Å². The van der Waals surface area contributed by atoms with Crippen LogP contribution < -0.4 is 10.1 Å². The summed E-state index contributed by atoms with van der Waals surface area (Å²) in [6, 6.07) is 7.81. The number of hydrogen-bond acceptors (Lipinski definition) is 7. The number of nitro groups is 1. The molecule has 8 nitrogen and oxygen atoms in total. The number of hydrogen-bond donors (Lipinski definition) is 1. The Morgan fingerprint density at radius 1 is 1.30 bits per heavy atom. The largest absolute Gasteiger partial charge is 0.479 e. The van der Waals surface area contributed by atoms with Crippen molar-refractivity contribution in [1.82, 2.24) is 4.98 Å². The van der Waals surface area contributed by atoms with Crippen molar-refractivity contribution in [2.75, 3.05) is 5.32 Å². The van der Waals surface area contributed by atoms with Gasteiger partial charge >= 0.3 is 5.69 Å². The third-order valence-electron chi connectivity index (χ3n) is 3.82. The second-order valence-electron chi connectivity index (χ2n) is 5.90. The monoisotopic (exact) mass is 387 g/mol. The summed E-state index contributed by atoms with van der Waals surface area (Å²) in [7, 11) is 0. The summed E-state index contributed by atoms with van der Waals surface area (Å²) in [6.07, 6.45) is 0. The number of carbonyl (C=O) groups is 1. The average molecular weight is 387 g/mol. The molecule has 0 spiro atoms. The Kier molecular flexibility index (Phi) is 5.22. The number of nitrogens with one attached hydrogen (secondary N) is 1. The van der Waals surface area contributed by atoms with Gasteiger partial charge in [-0.1, -0.05) is 6.07 Å². The summed E-state index contributed by atoms with van der Waals surface area (Å²) in [6.45, 7) is 5.52. The van der Waals surface area contributed by atoms with Gasteiger partial charge in [-0.3, -0.25) is 20.2 Å². The molecule has 0 saturated carbocycles. The van der Waals surface area contributed by atoms with E-state index in [9.17, 15) is 14.9 Å². The average Bonchev–Trinajstić information content (AvgIpc) is 3.20. The van der Waals surface area contributed by atoms with Crippen LogP contribution in [0.2, 0.25) is 0 Å². The molecule has 3 aromatic rings. The first kappa shape index (κ1) is 18.6. The van der Waals surface area contributed by atoms with Crippen LogP contribution in [0.3, 0.4) is 0 Å². The van der Waals surface area contributed by atoms with Crippen molar-refractivity contribution >= 4 is 28.1 Å².